The maximum Gasteiger partial charge on any atom is 0 e. The van der Waals surface area contributed by atoms with Crippen LogP contribution >= 0.6 is 0 Å². The molecule has 0 aliphatic heterocycles. The molecule has 1 aromatic rings. The van der Waals surface area contributed by atoms with Gasteiger partial charge in [0.05, 0.1) is 0 Å². The zero-order valence-corrected chi connectivity index (χ0v) is 16.8. The van der Waals surface area contributed by atoms with Crippen LogP contribution in [0.1, 0.15) is 48.8 Å². The Hall–Kier alpha value is 1.43. The van der Waals surface area contributed by atoms with Gasteiger partial charge in [0.2, 0.25) is 0 Å². The topological polar surface area (TPSA) is 0 Å². The largest absolute Gasteiger partial charge is 0.177 e. The van der Waals surface area contributed by atoms with Crippen LogP contribution < -0.4 is 0 Å². The Morgan fingerprint density at radius 2 is 1.53 bits per heavy atom. The summed E-state index contributed by atoms with van der Waals surface area (Å²) in [5.41, 5.74) is 4.11. The summed E-state index contributed by atoms with van der Waals surface area (Å²) in [6, 6.07) is 7.96. The zero-order chi connectivity index (χ0) is 10.7. The standard InChI is InChI=1S/C15H21.2Y/c1-12-8-13(2)10-15(9-12)11-14-6-4-3-5-7-14;;/h9-10,14H,3-7,11H2,1-2H3;;/q-1;;. The van der Waals surface area contributed by atoms with Gasteiger partial charge in [0.1, 0.15) is 0 Å². The summed E-state index contributed by atoms with van der Waals surface area (Å²) < 4.78 is 0. The Balaban J connectivity index is 0.00000128. The summed E-state index contributed by atoms with van der Waals surface area (Å²) in [6.07, 6.45) is 8.52. The van der Waals surface area contributed by atoms with Gasteiger partial charge >= 0.3 is 0 Å². The first-order valence-electron chi connectivity index (χ1n) is 6.23. The van der Waals surface area contributed by atoms with Crippen LogP contribution in [-0.2, 0) is 71.8 Å². The van der Waals surface area contributed by atoms with Gasteiger partial charge in [-0.25, -0.2) is 0 Å². The second-order valence-corrected chi connectivity index (χ2v) is 5.06. The van der Waals surface area contributed by atoms with Crippen molar-refractivity contribution in [2.75, 3.05) is 0 Å². The van der Waals surface area contributed by atoms with Gasteiger partial charge in [-0.05, 0) is 12.3 Å². The monoisotopic (exact) mass is 379 g/mol. The third-order valence-electron chi connectivity index (χ3n) is 3.45. The van der Waals surface area contributed by atoms with Gasteiger partial charge in [-0.2, -0.15) is 34.9 Å². The molecule has 0 atom stereocenters. The van der Waals surface area contributed by atoms with Gasteiger partial charge in [-0.15, -0.1) is 0 Å². The van der Waals surface area contributed by atoms with Crippen molar-refractivity contribution >= 4 is 0 Å². The van der Waals surface area contributed by atoms with E-state index in [1.807, 2.05) is 0 Å². The van der Waals surface area contributed by atoms with Gasteiger partial charge in [-0.3, -0.25) is 0 Å². The smallest absolute Gasteiger partial charge is 0 e. The SMILES string of the molecule is Cc1[c-]c(C)cc(CC2CCCCC2)c1.[Y].[Y]. The minimum absolute atomic E-state index is 0. The minimum Gasteiger partial charge on any atom is -0.177 e. The summed E-state index contributed by atoms with van der Waals surface area (Å²) in [5, 5.41) is 0. The molecule has 1 aliphatic carbocycles. The normalized spacial score (nSPS) is 15.9. The second kappa shape index (κ2) is 9.35. The molecule has 0 nitrogen and oxygen atoms in total. The van der Waals surface area contributed by atoms with Crippen molar-refractivity contribution in [1.29, 1.82) is 0 Å². The van der Waals surface area contributed by atoms with Crippen molar-refractivity contribution in [3.63, 3.8) is 0 Å². The molecule has 88 valence electrons. The molecule has 1 fully saturated rings. The molecular formula is C15H21Y2-. The van der Waals surface area contributed by atoms with Crippen LogP contribution in [0, 0.1) is 25.8 Å². The maximum atomic E-state index is 3.35. The van der Waals surface area contributed by atoms with Crippen LogP contribution in [-0.4, -0.2) is 0 Å². The first kappa shape index (κ1) is 18.4. The molecular weight excluding hydrogens is 358 g/mol. The maximum absolute atomic E-state index is 3.35. The van der Waals surface area contributed by atoms with Crippen molar-refractivity contribution in [3.05, 3.63) is 34.9 Å². The fraction of sp³-hybridized carbons (Fsp3) is 0.600. The number of hydrogen-bond acceptors (Lipinski definition) is 0. The predicted molar refractivity (Wildman–Crippen MR) is 65.0 cm³/mol. The molecule has 0 aromatic heterocycles. The summed E-state index contributed by atoms with van der Waals surface area (Å²) >= 11 is 0. The molecule has 1 aliphatic rings. The third kappa shape index (κ3) is 6.42. The van der Waals surface area contributed by atoms with Gasteiger partial charge in [-0.1, -0.05) is 46.0 Å². The second-order valence-electron chi connectivity index (χ2n) is 5.06. The van der Waals surface area contributed by atoms with Crippen LogP contribution in [0.25, 0.3) is 0 Å². The molecule has 1 aromatic carbocycles. The van der Waals surface area contributed by atoms with E-state index in [1.54, 1.807) is 0 Å². The van der Waals surface area contributed by atoms with E-state index in [1.165, 1.54) is 55.2 Å². The Morgan fingerprint density at radius 1 is 1.00 bits per heavy atom. The van der Waals surface area contributed by atoms with Gasteiger partial charge in [0.25, 0.3) is 0 Å². The molecule has 0 amide bonds. The number of rotatable bonds is 2. The van der Waals surface area contributed by atoms with Crippen molar-refractivity contribution in [3.8, 4) is 0 Å². The van der Waals surface area contributed by atoms with Crippen molar-refractivity contribution in [2.45, 2.75) is 52.4 Å². The molecule has 1 saturated carbocycles. The Kier molecular flexibility index (Phi) is 10.1. The minimum atomic E-state index is 0. The molecule has 0 heterocycles. The molecule has 0 saturated heterocycles. The molecule has 17 heavy (non-hydrogen) atoms. The molecule has 0 bridgehead atoms. The molecule has 0 N–H and O–H groups in total. The Bertz CT molecular complexity index is 307. The quantitative estimate of drug-likeness (QED) is 0.676. The molecule has 2 radical (unpaired) electrons. The first-order valence-corrected chi connectivity index (χ1v) is 6.23. The zero-order valence-electron chi connectivity index (χ0n) is 11.1. The average Bonchev–Trinajstić information content (AvgIpc) is 2.17. The van der Waals surface area contributed by atoms with E-state index in [4.69, 9.17) is 0 Å². The van der Waals surface area contributed by atoms with E-state index in [9.17, 15) is 0 Å². The summed E-state index contributed by atoms with van der Waals surface area (Å²) in [7, 11) is 0. The van der Waals surface area contributed by atoms with Crippen LogP contribution in [0.2, 0.25) is 0 Å². The fourth-order valence-corrected chi connectivity index (χ4v) is 2.82. The Morgan fingerprint density at radius 3 is 2.06 bits per heavy atom. The van der Waals surface area contributed by atoms with E-state index < -0.39 is 0 Å². The van der Waals surface area contributed by atoms with Gasteiger partial charge < -0.3 is 0 Å². The average molecular weight is 379 g/mol. The predicted octanol–water partition coefficient (Wildman–Crippen LogP) is 4.22. The molecule has 2 heteroatoms. The van der Waals surface area contributed by atoms with Crippen LogP contribution in [0.4, 0.5) is 0 Å². The summed E-state index contributed by atoms with van der Waals surface area (Å²) in [4.78, 5) is 0. The van der Waals surface area contributed by atoms with E-state index in [0.29, 0.717) is 0 Å². The number of benzene rings is 1. The number of aryl methyl sites for hydroxylation is 2. The van der Waals surface area contributed by atoms with Gasteiger partial charge in [0.15, 0.2) is 0 Å². The van der Waals surface area contributed by atoms with Crippen molar-refractivity contribution < 1.29 is 65.4 Å². The third-order valence-corrected chi connectivity index (χ3v) is 3.45. The van der Waals surface area contributed by atoms with Crippen LogP contribution in [0.15, 0.2) is 12.1 Å². The van der Waals surface area contributed by atoms with E-state index in [2.05, 4.69) is 32.0 Å². The van der Waals surface area contributed by atoms with Crippen LogP contribution in [0.3, 0.4) is 0 Å². The first-order chi connectivity index (χ1) is 7.24. The number of hydrogen-bond donors (Lipinski definition) is 0. The summed E-state index contributed by atoms with van der Waals surface area (Å²) in [5.74, 6) is 0.944. The fourth-order valence-electron chi connectivity index (χ4n) is 2.82. The molecule has 0 spiro atoms. The van der Waals surface area contributed by atoms with E-state index in [-0.39, 0.29) is 65.4 Å². The molecule has 0 unspecified atom stereocenters. The van der Waals surface area contributed by atoms with E-state index in [0.717, 1.165) is 5.92 Å². The van der Waals surface area contributed by atoms with Crippen LogP contribution in [0.5, 0.6) is 0 Å². The molecule has 2 rings (SSSR count). The van der Waals surface area contributed by atoms with Crippen molar-refractivity contribution in [2.24, 2.45) is 5.92 Å². The van der Waals surface area contributed by atoms with E-state index >= 15 is 0 Å². The summed E-state index contributed by atoms with van der Waals surface area (Å²) in [6.45, 7) is 4.30. The Labute approximate surface area is 156 Å². The van der Waals surface area contributed by atoms with Crippen molar-refractivity contribution in [1.82, 2.24) is 0 Å². The van der Waals surface area contributed by atoms with Gasteiger partial charge in [0, 0.05) is 65.4 Å².